The summed E-state index contributed by atoms with van der Waals surface area (Å²) in [6.07, 6.45) is 0. The van der Waals surface area contributed by atoms with Crippen LogP contribution < -0.4 is 0 Å². The molecule has 0 unspecified atom stereocenters. The van der Waals surface area contributed by atoms with E-state index in [-0.39, 0.29) is 0 Å². The van der Waals surface area contributed by atoms with Crippen molar-refractivity contribution in [3.8, 4) is 0 Å². The van der Waals surface area contributed by atoms with Gasteiger partial charge in [0.15, 0.2) is 0 Å². The van der Waals surface area contributed by atoms with Gasteiger partial charge in [0.1, 0.15) is 0 Å². The van der Waals surface area contributed by atoms with Gasteiger partial charge in [0, 0.05) is 0 Å². The Labute approximate surface area is 134 Å². The van der Waals surface area contributed by atoms with Crippen LogP contribution in [-0.2, 0) is 8.87 Å². The summed E-state index contributed by atoms with van der Waals surface area (Å²) in [5.74, 6) is 0. The van der Waals surface area contributed by atoms with Crippen molar-refractivity contribution in [1.82, 2.24) is 0 Å². The maximum atomic E-state index is 2.47. The summed E-state index contributed by atoms with van der Waals surface area (Å²) in [7, 11) is 0. The van der Waals surface area contributed by atoms with Gasteiger partial charge in [0.25, 0.3) is 0 Å². The van der Waals surface area contributed by atoms with E-state index in [2.05, 4.69) is 88.4 Å². The Morgan fingerprint density at radius 2 is 0.952 bits per heavy atom. The fraction of sp³-hybridized carbons (Fsp3) is 0.400. The SMILES string of the molecule is C[CH](C)[Sn]([CH2]c1ccccc1)([CH2]c1ccccc1)[CH](C)C. The first-order valence-electron chi connectivity index (χ1n) is 8.12. The molecular weight excluding hydrogens is 359 g/mol. The minimum absolute atomic E-state index is 0.861. The Morgan fingerprint density at radius 1 is 0.619 bits per heavy atom. The van der Waals surface area contributed by atoms with Gasteiger partial charge in [-0.15, -0.1) is 0 Å². The van der Waals surface area contributed by atoms with Crippen LogP contribution in [0.2, 0.25) is 7.87 Å². The van der Waals surface area contributed by atoms with Crippen LogP contribution in [0.1, 0.15) is 38.8 Å². The van der Waals surface area contributed by atoms with E-state index < -0.39 is 18.4 Å². The van der Waals surface area contributed by atoms with E-state index in [9.17, 15) is 0 Å². The third-order valence-electron chi connectivity index (χ3n) is 5.05. The molecule has 0 saturated carbocycles. The van der Waals surface area contributed by atoms with Gasteiger partial charge in [-0.25, -0.2) is 0 Å². The van der Waals surface area contributed by atoms with E-state index in [1.165, 1.54) is 8.87 Å². The van der Waals surface area contributed by atoms with Crippen LogP contribution in [0.5, 0.6) is 0 Å². The molecule has 0 amide bonds. The normalized spacial score (nSPS) is 12.1. The molecule has 2 rings (SSSR count). The van der Waals surface area contributed by atoms with E-state index in [0.29, 0.717) is 0 Å². The summed E-state index contributed by atoms with van der Waals surface area (Å²) in [6.45, 7) is 9.90. The fourth-order valence-electron chi connectivity index (χ4n) is 3.50. The zero-order chi connectivity index (χ0) is 15.3. The molecule has 0 aliphatic heterocycles. The Kier molecular flexibility index (Phi) is 5.92. The Morgan fingerprint density at radius 3 is 1.24 bits per heavy atom. The van der Waals surface area contributed by atoms with Crippen LogP contribution in [0, 0.1) is 0 Å². The summed E-state index contributed by atoms with van der Waals surface area (Å²) in [4.78, 5) is 0. The number of benzene rings is 2. The molecule has 112 valence electrons. The molecule has 0 saturated heterocycles. The van der Waals surface area contributed by atoms with Crippen molar-refractivity contribution in [2.75, 3.05) is 0 Å². The summed E-state index contributed by atoms with van der Waals surface area (Å²) in [6, 6.07) is 22.3. The van der Waals surface area contributed by atoms with Crippen molar-refractivity contribution in [1.29, 1.82) is 0 Å². The molecule has 0 bridgehead atoms. The van der Waals surface area contributed by atoms with Gasteiger partial charge in [-0.2, -0.15) is 0 Å². The first kappa shape index (κ1) is 16.6. The van der Waals surface area contributed by atoms with Crippen molar-refractivity contribution in [3.63, 3.8) is 0 Å². The molecular formula is C20H28Sn. The van der Waals surface area contributed by atoms with Crippen LogP contribution in [0.25, 0.3) is 0 Å². The molecule has 2 aromatic rings. The first-order chi connectivity index (χ1) is 10.0. The van der Waals surface area contributed by atoms with Gasteiger partial charge >= 0.3 is 135 Å². The van der Waals surface area contributed by atoms with E-state index in [1.54, 1.807) is 11.1 Å². The fourth-order valence-corrected chi connectivity index (χ4v) is 18.0. The second kappa shape index (κ2) is 7.49. The summed E-state index contributed by atoms with van der Waals surface area (Å²) >= 11 is -2.32. The van der Waals surface area contributed by atoms with E-state index in [1.807, 2.05) is 0 Å². The Balaban J connectivity index is 2.34. The minimum atomic E-state index is -2.32. The topological polar surface area (TPSA) is 0 Å². The first-order valence-corrected chi connectivity index (χ1v) is 15.5. The van der Waals surface area contributed by atoms with E-state index in [0.717, 1.165) is 7.87 Å². The Bertz CT molecular complexity index is 477. The second-order valence-corrected chi connectivity index (χ2v) is 22.5. The zero-order valence-corrected chi connectivity index (χ0v) is 16.7. The summed E-state index contributed by atoms with van der Waals surface area (Å²) in [5, 5.41) is 0. The average molecular weight is 387 g/mol. The molecule has 2 aromatic carbocycles. The summed E-state index contributed by atoms with van der Waals surface area (Å²) < 4.78 is 4.44. The van der Waals surface area contributed by atoms with Gasteiger partial charge in [-0.1, -0.05) is 0 Å². The van der Waals surface area contributed by atoms with Crippen LogP contribution in [0.15, 0.2) is 60.7 Å². The standard InChI is InChI=1S/2C7H7.2C3H7.Sn/c2*1-7-5-3-2-4-6-7;2*1-3-2;/h2*2-6H,1H2;2*3H,1-2H3;. The molecule has 0 heterocycles. The van der Waals surface area contributed by atoms with Crippen LogP contribution in [-0.4, -0.2) is 18.4 Å². The third kappa shape index (κ3) is 4.12. The maximum absolute atomic E-state index is 2.47. The van der Waals surface area contributed by atoms with Gasteiger partial charge in [0.05, 0.1) is 0 Å². The molecule has 0 radical (unpaired) electrons. The monoisotopic (exact) mass is 388 g/mol. The molecule has 0 N–H and O–H groups in total. The van der Waals surface area contributed by atoms with Crippen LogP contribution in [0.3, 0.4) is 0 Å². The molecule has 0 aliphatic carbocycles. The Hall–Kier alpha value is -0.761. The molecule has 0 fully saturated rings. The van der Waals surface area contributed by atoms with E-state index >= 15 is 0 Å². The zero-order valence-electron chi connectivity index (χ0n) is 13.8. The molecule has 0 aromatic heterocycles. The molecule has 0 atom stereocenters. The summed E-state index contributed by atoms with van der Waals surface area (Å²) in [5.41, 5.74) is 3.10. The molecule has 1 heteroatoms. The molecule has 21 heavy (non-hydrogen) atoms. The van der Waals surface area contributed by atoms with Gasteiger partial charge in [0.2, 0.25) is 0 Å². The van der Waals surface area contributed by atoms with Gasteiger partial charge in [-0.05, 0) is 0 Å². The predicted octanol–water partition coefficient (Wildman–Crippen LogP) is 5.82. The third-order valence-corrected chi connectivity index (χ3v) is 24.3. The van der Waals surface area contributed by atoms with Crippen molar-refractivity contribution < 1.29 is 0 Å². The van der Waals surface area contributed by atoms with Crippen LogP contribution in [0.4, 0.5) is 0 Å². The van der Waals surface area contributed by atoms with Crippen molar-refractivity contribution in [2.24, 2.45) is 0 Å². The molecule has 0 nitrogen and oxygen atoms in total. The van der Waals surface area contributed by atoms with Gasteiger partial charge < -0.3 is 0 Å². The van der Waals surface area contributed by atoms with Gasteiger partial charge in [-0.3, -0.25) is 0 Å². The predicted molar refractivity (Wildman–Crippen MR) is 96.2 cm³/mol. The number of rotatable bonds is 6. The molecule has 0 spiro atoms. The quantitative estimate of drug-likeness (QED) is 0.548. The van der Waals surface area contributed by atoms with E-state index in [4.69, 9.17) is 0 Å². The van der Waals surface area contributed by atoms with Crippen molar-refractivity contribution in [3.05, 3.63) is 71.8 Å². The second-order valence-electron chi connectivity index (χ2n) is 6.87. The average Bonchev–Trinajstić information content (AvgIpc) is 2.48. The number of hydrogen-bond acceptors (Lipinski definition) is 0. The van der Waals surface area contributed by atoms with Crippen molar-refractivity contribution >= 4 is 18.4 Å². The van der Waals surface area contributed by atoms with Crippen LogP contribution >= 0.6 is 0 Å². The number of hydrogen-bond donors (Lipinski definition) is 0. The molecule has 0 aliphatic rings. The van der Waals surface area contributed by atoms with Crippen molar-refractivity contribution in [2.45, 2.75) is 44.4 Å².